The summed E-state index contributed by atoms with van der Waals surface area (Å²) in [4.78, 5) is 6.09. The van der Waals surface area contributed by atoms with Gasteiger partial charge in [-0.05, 0) is 85.5 Å². The molecule has 0 amide bonds. The van der Waals surface area contributed by atoms with E-state index >= 15 is 0 Å². The topological polar surface area (TPSA) is 24.9 Å². The number of morpholine rings is 2. The maximum Gasteiger partial charge on any atom is 0.128 e. The fourth-order valence-corrected chi connectivity index (χ4v) is 11.3. The number of nitrogens with zero attached hydrogens (tertiary/aromatic N) is 2. The molecule has 0 spiro atoms. The van der Waals surface area contributed by atoms with E-state index in [1.165, 1.54) is 35.1 Å². The van der Waals surface area contributed by atoms with E-state index in [0.29, 0.717) is 36.0 Å². The van der Waals surface area contributed by atoms with Crippen LogP contribution in [0.4, 0.5) is 0 Å². The van der Waals surface area contributed by atoms with Crippen LogP contribution in [0.5, 0.6) is 0 Å². The van der Waals surface area contributed by atoms with Crippen molar-refractivity contribution in [2.24, 2.45) is 0 Å². The third-order valence-corrected chi connectivity index (χ3v) is 13.1. The van der Waals surface area contributed by atoms with Crippen LogP contribution in [0.3, 0.4) is 0 Å². The summed E-state index contributed by atoms with van der Waals surface area (Å²) >= 11 is 0. The molecule has 3 aliphatic carbocycles. The van der Waals surface area contributed by atoms with Crippen LogP contribution < -0.4 is 0 Å². The van der Waals surface area contributed by atoms with Gasteiger partial charge in [-0.2, -0.15) is 0 Å². The number of rotatable bonds is 4. The zero-order valence-electron chi connectivity index (χ0n) is 27.2. The minimum Gasteiger partial charge on any atom is -0.372 e. The lowest BCUT2D eigenvalue weighted by Crippen LogP contribution is -2.68. The first-order chi connectivity index (χ1) is 23.3. The highest BCUT2D eigenvalue weighted by Crippen LogP contribution is 2.61. The number of hydrogen-bond donors (Lipinski definition) is 0. The highest BCUT2D eigenvalue weighted by Gasteiger charge is 2.71. The summed E-state index contributed by atoms with van der Waals surface area (Å²) in [6.07, 6.45) is 9.99. The molecule has 0 radical (unpaired) electrons. The van der Waals surface area contributed by atoms with E-state index in [9.17, 15) is 0 Å². The number of benzene rings is 4. The van der Waals surface area contributed by atoms with E-state index in [4.69, 9.17) is 9.47 Å². The van der Waals surface area contributed by atoms with Crippen LogP contribution >= 0.6 is 0 Å². The highest BCUT2D eigenvalue weighted by molar-refractivity contribution is 5.44. The lowest BCUT2D eigenvalue weighted by molar-refractivity contribution is -0.204. The number of ether oxygens (including phenoxy) is 2. The van der Waals surface area contributed by atoms with Crippen molar-refractivity contribution in [3.63, 3.8) is 0 Å². The van der Waals surface area contributed by atoms with E-state index < -0.39 is 0 Å². The van der Waals surface area contributed by atoms with Crippen LogP contribution in [0.1, 0.15) is 85.5 Å². The van der Waals surface area contributed by atoms with Crippen LogP contribution in [0.2, 0.25) is 0 Å². The van der Waals surface area contributed by atoms with Gasteiger partial charge in [-0.1, -0.05) is 121 Å². The van der Waals surface area contributed by atoms with Gasteiger partial charge in [0, 0.05) is 12.1 Å². The molecule has 3 saturated heterocycles. The van der Waals surface area contributed by atoms with Gasteiger partial charge in [0.25, 0.3) is 0 Å². The molecule has 240 valence electrons. The molecule has 4 nitrogen and oxygen atoms in total. The predicted molar refractivity (Wildman–Crippen MR) is 185 cm³/mol. The second-order valence-electron chi connectivity index (χ2n) is 15.2. The summed E-state index contributed by atoms with van der Waals surface area (Å²) in [7, 11) is 0. The number of fused-ring (bicyclic) bond motifs is 4. The molecule has 6 aliphatic rings. The molecule has 10 unspecified atom stereocenters. The van der Waals surface area contributed by atoms with Crippen molar-refractivity contribution >= 4 is 0 Å². The summed E-state index contributed by atoms with van der Waals surface area (Å²) < 4.78 is 14.7. The Balaban J connectivity index is 1.13. The van der Waals surface area contributed by atoms with Gasteiger partial charge in [-0.15, -0.1) is 0 Å². The molecule has 3 heterocycles. The normalized spacial score (nSPS) is 37.4. The summed E-state index contributed by atoms with van der Waals surface area (Å²) in [5.74, 6) is 1.11. The zero-order valence-corrected chi connectivity index (χ0v) is 27.2. The van der Waals surface area contributed by atoms with Crippen molar-refractivity contribution in [2.75, 3.05) is 0 Å². The van der Waals surface area contributed by atoms with Crippen molar-refractivity contribution in [3.05, 3.63) is 144 Å². The standard InChI is InChI=1S/C43H46N2O2/c1-5-13-29(14-6-1)31-21-23-35-39(27-31)46-37-25-26-38-42-41(37)44(35)43(33-17-9-3-10-18-33,34-19-11-4-12-20-34)45(42)36-24-22-32(28-40(36)47-38)30-15-7-2-8-16-30/h1-20,31-32,35-42H,21-28H2. The maximum atomic E-state index is 7.34. The van der Waals surface area contributed by atoms with Crippen molar-refractivity contribution in [3.8, 4) is 0 Å². The fourth-order valence-electron chi connectivity index (χ4n) is 11.3. The Bertz CT molecular complexity index is 1560. The molecule has 6 fully saturated rings. The first-order valence-electron chi connectivity index (χ1n) is 18.4. The molecule has 4 aromatic carbocycles. The SMILES string of the molecule is c1ccc(C2CCC3C(C2)OC2CCC4OC5CC(c6ccccc6)CCC5N5C4C2N3C5(c2ccccc2)c2ccccc2)cc1. The smallest absolute Gasteiger partial charge is 0.128 e. The summed E-state index contributed by atoms with van der Waals surface area (Å²) in [5, 5.41) is 0. The summed E-state index contributed by atoms with van der Waals surface area (Å²) in [6, 6.07) is 47.0. The average Bonchev–Trinajstić information content (AvgIpc) is 3.48. The molecule has 0 bridgehead atoms. The Morgan fingerprint density at radius 3 is 1.21 bits per heavy atom. The van der Waals surface area contributed by atoms with Gasteiger partial charge in [-0.25, -0.2) is 0 Å². The van der Waals surface area contributed by atoms with E-state index in [1.807, 2.05) is 0 Å². The van der Waals surface area contributed by atoms with Crippen LogP contribution in [0.25, 0.3) is 0 Å². The Morgan fingerprint density at radius 1 is 0.426 bits per heavy atom. The number of hydrogen-bond acceptors (Lipinski definition) is 4. The van der Waals surface area contributed by atoms with Crippen molar-refractivity contribution in [1.29, 1.82) is 0 Å². The molecule has 0 N–H and O–H groups in total. The highest BCUT2D eigenvalue weighted by atomic mass is 16.5. The van der Waals surface area contributed by atoms with Crippen molar-refractivity contribution < 1.29 is 9.47 Å². The van der Waals surface area contributed by atoms with E-state index in [2.05, 4.69) is 131 Å². The van der Waals surface area contributed by atoms with E-state index in [-0.39, 0.29) is 30.1 Å². The average molecular weight is 623 g/mol. The van der Waals surface area contributed by atoms with Gasteiger partial charge < -0.3 is 9.47 Å². The molecule has 3 saturated carbocycles. The third-order valence-electron chi connectivity index (χ3n) is 13.1. The first kappa shape index (κ1) is 28.7. The molecular formula is C43H46N2O2. The molecule has 3 aliphatic heterocycles. The molecule has 47 heavy (non-hydrogen) atoms. The maximum absolute atomic E-state index is 7.34. The fraction of sp³-hybridized carbons (Fsp3) is 0.442. The lowest BCUT2D eigenvalue weighted by atomic mass is 9.74. The van der Waals surface area contributed by atoms with Crippen LogP contribution in [0.15, 0.2) is 121 Å². The van der Waals surface area contributed by atoms with Crippen molar-refractivity contribution in [1.82, 2.24) is 9.80 Å². The quantitative estimate of drug-likeness (QED) is 0.229. The largest absolute Gasteiger partial charge is 0.372 e. The van der Waals surface area contributed by atoms with E-state index in [0.717, 1.165) is 38.5 Å². The zero-order chi connectivity index (χ0) is 31.0. The first-order valence-corrected chi connectivity index (χ1v) is 18.4. The molecule has 10 rings (SSSR count). The van der Waals surface area contributed by atoms with Gasteiger partial charge in [-0.3, -0.25) is 9.80 Å². The van der Waals surface area contributed by atoms with Gasteiger partial charge in [0.15, 0.2) is 0 Å². The Hall–Kier alpha value is -3.28. The van der Waals surface area contributed by atoms with Gasteiger partial charge in [0.1, 0.15) is 5.66 Å². The van der Waals surface area contributed by atoms with Crippen molar-refractivity contribution in [2.45, 2.75) is 117 Å². The molecular weight excluding hydrogens is 576 g/mol. The second kappa shape index (κ2) is 11.4. The Morgan fingerprint density at radius 2 is 0.809 bits per heavy atom. The molecule has 4 aromatic rings. The van der Waals surface area contributed by atoms with Gasteiger partial charge in [0.2, 0.25) is 0 Å². The minimum atomic E-state index is -0.364. The molecule has 10 atom stereocenters. The van der Waals surface area contributed by atoms with Crippen LogP contribution in [-0.2, 0) is 15.1 Å². The van der Waals surface area contributed by atoms with Crippen LogP contribution in [-0.4, -0.2) is 58.4 Å². The van der Waals surface area contributed by atoms with E-state index in [1.54, 1.807) is 0 Å². The predicted octanol–water partition coefficient (Wildman–Crippen LogP) is 8.24. The minimum absolute atomic E-state index is 0.227. The summed E-state index contributed by atoms with van der Waals surface area (Å²) in [5.41, 5.74) is 5.41. The summed E-state index contributed by atoms with van der Waals surface area (Å²) in [6.45, 7) is 0. The monoisotopic (exact) mass is 622 g/mol. The third kappa shape index (κ3) is 4.34. The van der Waals surface area contributed by atoms with Crippen LogP contribution in [0, 0.1) is 0 Å². The Kier molecular flexibility index (Phi) is 6.97. The van der Waals surface area contributed by atoms with Gasteiger partial charge in [0.05, 0.1) is 36.5 Å². The molecule has 0 aromatic heterocycles. The lowest BCUT2D eigenvalue weighted by Gasteiger charge is -2.57. The van der Waals surface area contributed by atoms with Gasteiger partial charge >= 0.3 is 0 Å². The Labute approximate surface area is 279 Å². The molecule has 4 heteroatoms. The second-order valence-corrected chi connectivity index (χ2v) is 15.2.